The number of carbonyl (C=O) groups excluding carboxylic acids is 2. The van der Waals surface area contributed by atoms with E-state index >= 15 is 0 Å². The zero-order chi connectivity index (χ0) is 23.1. The molecule has 1 aliphatic heterocycles. The maximum atomic E-state index is 12.6. The van der Waals surface area contributed by atoms with Crippen molar-refractivity contribution in [1.82, 2.24) is 15.1 Å². The van der Waals surface area contributed by atoms with Crippen LogP contribution in [0.3, 0.4) is 0 Å². The van der Waals surface area contributed by atoms with Crippen molar-refractivity contribution >= 4 is 23.2 Å². The Bertz CT molecular complexity index is 908. The van der Waals surface area contributed by atoms with E-state index in [-0.39, 0.29) is 6.04 Å². The summed E-state index contributed by atoms with van der Waals surface area (Å²) in [4.78, 5) is 31.7. The molecular weight excluding hydrogens is 406 g/mol. The van der Waals surface area contributed by atoms with Gasteiger partial charge in [-0.25, -0.2) is 0 Å². The number of nitrogens with zero attached hydrogens (tertiary/aromatic N) is 3. The van der Waals surface area contributed by atoms with Gasteiger partial charge in [0.25, 0.3) is 0 Å². The van der Waals surface area contributed by atoms with E-state index in [0.29, 0.717) is 18.0 Å². The van der Waals surface area contributed by atoms with Gasteiger partial charge in [0.05, 0.1) is 18.8 Å². The smallest absolute Gasteiger partial charge is 0.313 e. The molecule has 1 heterocycles. The number of carbonyl (C=O) groups is 2. The summed E-state index contributed by atoms with van der Waals surface area (Å²) in [7, 11) is 7.65. The Morgan fingerprint density at radius 3 is 2.28 bits per heavy atom. The Balaban J connectivity index is 1.68. The molecule has 8 heteroatoms. The van der Waals surface area contributed by atoms with Gasteiger partial charge in [0, 0.05) is 52.5 Å². The van der Waals surface area contributed by atoms with E-state index in [9.17, 15) is 9.59 Å². The zero-order valence-electron chi connectivity index (χ0n) is 19.3. The predicted molar refractivity (Wildman–Crippen MR) is 127 cm³/mol. The minimum Gasteiger partial charge on any atom is -0.495 e. The molecule has 2 aromatic carbocycles. The molecule has 0 bridgehead atoms. The molecule has 1 atom stereocenters. The quantitative estimate of drug-likeness (QED) is 0.641. The molecule has 0 saturated carbocycles. The molecule has 3 rings (SSSR count). The van der Waals surface area contributed by atoms with Crippen molar-refractivity contribution in [2.75, 3.05) is 71.2 Å². The Labute approximate surface area is 190 Å². The molecule has 0 aromatic heterocycles. The molecule has 32 heavy (non-hydrogen) atoms. The lowest BCUT2D eigenvalue weighted by Gasteiger charge is -2.38. The molecular formula is C24H33N5O3. The van der Waals surface area contributed by atoms with Crippen molar-refractivity contribution in [3.8, 4) is 5.75 Å². The van der Waals surface area contributed by atoms with Crippen LogP contribution in [0.15, 0.2) is 48.5 Å². The number of ether oxygens (including phenoxy) is 1. The molecule has 2 N–H and O–H groups in total. The Morgan fingerprint density at radius 1 is 1.00 bits per heavy atom. The molecule has 1 saturated heterocycles. The molecule has 0 aliphatic carbocycles. The number of benzene rings is 2. The second kappa shape index (κ2) is 11.0. The van der Waals surface area contributed by atoms with Crippen LogP contribution in [-0.2, 0) is 9.59 Å². The molecule has 0 unspecified atom stereocenters. The highest BCUT2D eigenvalue weighted by molar-refractivity contribution is 6.39. The van der Waals surface area contributed by atoms with Crippen LogP contribution in [0.25, 0.3) is 0 Å². The largest absolute Gasteiger partial charge is 0.495 e. The molecule has 1 aliphatic rings. The van der Waals surface area contributed by atoms with Crippen LogP contribution in [-0.4, -0.2) is 82.6 Å². The van der Waals surface area contributed by atoms with Crippen molar-refractivity contribution < 1.29 is 14.3 Å². The highest BCUT2D eigenvalue weighted by Crippen LogP contribution is 2.25. The standard InChI is InChI=1S/C24H33N5O3/c1-27(2)19-11-9-18(10-12-19)21(29-15-13-28(3)14-16-29)17-25-23(30)24(31)26-20-7-5-6-8-22(20)32-4/h5-12,21H,13-17H2,1-4H3,(H,25,30)(H,26,31)/t21-/m0/s1. The number of rotatable bonds is 7. The van der Waals surface area contributed by atoms with Gasteiger partial charge in [0.1, 0.15) is 5.75 Å². The Kier molecular flexibility index (Phi) is 8.08. The summed E-state index contributed by atoms with van der Waals surface area (Å²) in [5.74, 6) is -0.875. The van der Waals surface area contributed by atoms with Crippen LogP contribution >= 0.6 is 0 Å². The summed E-state index contributed by atoms with van der Waals surface area (Å²) in [6.07, 6.45) is 0. The van der Waals surface area contributed by atoms with Crippen LogP contribution in [0.1, 0.15) is 11.6 Å². The molecule has 8 nitrogen and oxygen atoms in total. The first-order valence-corrected chi connectivity index (χ1v) is 10.8. The first-order chi connectivity index (χ1) is 15.4. The average molecular weight is 440 g/mol. The minimum atomic E-state index is -0.713. The summed E-state index contributed by atoms with van der Waals surface area (Å²) >= 11 is 0. The molecule has 172 valence electrons. The topological polar surface area (TPSA) is 77.1 Å². The molecule has 1 fully saturated rings. The first-order valence-electron chi connectivity index (χ1n) is 10.8. The maximum Gasteiger partial charge on any atom is 0.313 e. The van der Waals surface area contributed by atoms with Gasteiger partial charge in [-0.1, -0.05) is 24.3 Å². The van der Waals surface area contributed by atoms with Crippen LogP contribution < -0.4 is 20.3 Å². The average Bonchev–Trinajstić information content (AvgIpc) is 2.80. The number of hydrogen-bond acceptors (Lipinski definition) is 6. The minimum absolute atomic E-state index is 0.0112. The van der Waals surface area contributed by atoms with Gasteiger partial charge >= 0.3 is 11.8 Å². The third kappa shape index (κ3) is 5.99. The van der Waals surface area contributed by atoms with E-state index in [4.69, 9.17) is 4.74 Å². The molecule has 0 spiro atoms. The fraction of sp³-hybridized carbons (Fsp3) is 0.417. The van der Waals surface area contributed by atoms with E-state index < -0.39 is 11.8 Å². The number of hydrogen-bond donors (Lipinski definition) is 2. The number of methoxy groups -OCH3 is 1. The maximum absolute atomic E-state index is 12.6. The third-order valence-corrected chi connectivity index (χ3v) is 5.79. The van der Waals surface area contributed by atoms with Crippen molar-refractivity contribution in [1.29, 1.82) is 0 Å². The number of likely N-dealkylation sites (N-methyl/N-ethyl adjacent to an activating group) is 1. The van der Waals surface area contributed by atoms with Gasteiger partial charge in [-0.15, -0.1) is 0 Å². The highest BCUT2D eigenvalue weighted by atomic mass is 16.5. The first kappa shape index (κ1) is 23.6. The zero-order valence-corrected chi connectivity index (χ0v) is 19.3. The van der Waals surface area contributed by atoms with Crippen LogP contribution in [0.5, 0.6) is 5.75 Å². The van der Waals surface area contributed by atoms with E-state index in [1.807, 2.05) is 14.1 Å². The Morgan fingerprint density at radius 2 is 1.66 bits per heavy atom. The fourth-order valence-electron chi connectivity index (χ4n) is 3.78. The second-order valence-electron chi connectivity index (χ2n) is 8.21. The lowest BCUT2D eigenvalue weighted by atomic mass is 10.0. The molecule has 0 radical (unpaired) electrons. The van der Waals surface area contributed by atoms with Crippen LogP contribution in [0.2, 0.25) is 0 Å². The highest BCUT2D eigenvalue weighted by Gasteiger charge is 2.26. The van der Waals surface area contributed by atoms with Crippen molar-refractivity contribution in [3.05, 3.63) is 54.1 Å². The van der Waals surface area contributed by atoms with Gasteiger partial charge in [-0.2, -0.15) is 0 Å². The summed E-state index contributed by atoms with van der Waals surface area (Å²) in [6.45, 7) is 4.09. The summed E-state index contributed by atoms with van der Waals surface area (Å²) in [5.41, 5.74) is 2.70. The van der Waals surface area contributed by atoms with Crippen molar-refractivity contribution in [3.63, 3.8) is 0 Å². The van der Waals surface area contributed by atoms with Crippen LogP contribution in [0.4, 0.5) is 11.4 Å². The van der Waals surface area contributed by atoms with E-state index in [2.05, 4.69) is 56.6 Å². The number of piperazine rings is 1. The normalized spacial score (nSPS) is 15.6. The van der Waals surface area contributed by atoms with E-state index in [0.717, 1.165) is 37.4 Å². The lowest BCUT2D eigenvalue weighted by molar-refractivity contribution is -0.136. The van der Waals surface area contributed by atoms with E-state index in [1.54, 1.807) is 24.3 Å². The number of anilines is 2. The predicted octanol–water partition coefficient (Wildman–Crippen LogP) is 1.80. The second-order valence-corrected chi connectivity index (χ2v) is 8.21. The van der Waals surface area contributed by atoms with Gasteiger partial charge in [-0.3, -0.25) is 14.5 Å². The summed E-state index contributed by atoms with van der Waals surface area (Å²) < 4.78 is 5.24. The summed E-state index contributed by atoms with van der Waals surface area (Å²) in [6, 6.07) is 15.3. The lowest BCUT2D eigenvalue weighted by Crippen LogP contribution is -2.49. The number of nitrogens with one attached hydrogen (secondary N) is 2. The fourth-order valence-corrected chi connectivity index (χ4v) is 3.78. The third-order valence-electron chi connectivity index (χ3n) is 5.79. The van der Waals surface area contributed by atoms with Gasteiger partial charge in [0.2, 0.25) is 0 Å². The SMILES string of the molecule is COc1ccccc1NC(=O)C(=O)NC[C@@H](c1ccc(N(C)C)cc1)N1CCN(C)CC1. The van der Waals surface area contributed by atoms with Gasteiger partial charge in [0.15, 0.2) is 0 Å². The molecule has 2 amide bonds. The van der Waals surface area contributed by atoms with Gasteiger partial charge in [-0.05, 0) is 36.9 Å². The van der Waals surface area contributed by atoms with Gasteiger partial charge < -0.3 is 25.2 Å². The number of para-hydroxylation sites is 2. The van der Waals surface area contributed by atoms with E-state index in [1.165, 1.54) is 7.11 Å². The van der Waals surface area contributed by atoms with Crippen molar-refractivity contribution in [2.24, 2.45) is 0 Å². The Hall–Kier alpha value is -3.10. The number of amides is 2. The molecule has 2 aromatic rings. The van der Waals surface area contributed by atoms with Crippen molar-refractivity contribution in [2.45, 2.75) is 6.04 Å². The van der Waals surface area contributed by atoms with Crippen LogP contribution in [0, 0.1) is 0 Å². The monoisotopic (exact) mass is 439 g/mol. The summed E-state index contributed by atoms with van der Waals surface area (Å²) in [5, 5.41) is 5.46.